The maximum Gasteiger partial charge on any atom is 0.0763 e. The van der Waals surface area contributed by atoms with Crippen LogP contribution in [0.2, 0.25) is 0 Å². The molecule has 0 heterocycles. The van der Waals surface area contributed by atoms with Crippen molar-refractivity contribution in [1.29, 1.82) is 0 Å². The zero-order valence-corrected chi connectivity index (χ0v) is 4.07. The van der Waals surface area contributed by atoms with Gasteiger partial charge in [-0.05, 0) is 0 Å². The first-order valence-electron chi connectivity index (χ1n) is 1.93. The highest BCUT2D eigenvalue weighted by molar-refractivity contribution is 4.89. The fraction of sp³-hybridized carbons (Fsp3) is 0.167. The van der Waals surface area contributed by atoms with E-state index in [1.54, 1.807) is 6.20 Å². The normalized spacial score (nSPS) is 5.57. The molecule has 0 spiro atoms. The lowest BCUT2D eigenvalue weighted by atomic mass is 10.7. The van der Waals surface area contributed by atoms with Crippen LogP contribution in [0, 0.1) is 12.3 Å². The van der Waals surface area contributed by atoms with Gasteiger partial charge in [-0.2, -0.15) is 0 Å². The van der Waals surface area contributed by atoms with Crippen LogP contribution in [0.1, 0.15) is 0 Å². The van der Waals surface area contributed by atoms with Gasteiger partial charge in [-0.15, -0.1) is 12.2 Å². The molecule has 0 amide bonds. The predicted molar refractivity (Wildman–Crippen MR) is 30.5 cm³/mol. The van der Waals surface area contributed by atoms with Crippen LogP contribution < -0.4 is 5.32 Å². The molecular formula is C6H7N. The number of hydrogen-bond donors (Lipinski definition) is 1. The van der Waals surface area contributed by atoms with E-state index in [0.717, 1.165) is 0 Å². The van der Waals surface area contributed by atoms with E-state index in [4.69, 9.17) is 6.42 Å². The van der Waals surface area contributed by atoms with Crippen LogP contribution in [-0.2, 0) is 0 Å². The molecule has 0 aliphatic carbocycles. The second-order valence-corrected chi connectivity index (χ2v) is 0.933. The Hall–Kier alpha value is -1.12. The van der Waals surface area contributed by atoms with Crippen LogP contribution in [0.5, 0.6) is 0 Å². The predicted octanol–water partition coefficient (Wildman–Crippen LogP) is 0.508. The Bertz CT molecular complexity index is 113. The first kappa shape index (κ1) is 5.88. The molecule has 36 valence electrons. The third-order valence-electron chi connectivity index (χ3n) is 0.408. The Morgan fingerprint density at radius 3 is 3.00 bits per heavy atom. The van der Waals surface area contributed by atoms with Crippen LogP contribution in [0.15, 0.2) is 18.5 Å². The van der Waals surface area contributed by atoms with Crippen LogP contribution >= 0.6 is 0 Å². The highest BCUT2D eigenvalue weighted by atomic mass is 14.8. The summed E-state index contributed by atoms with van der Waals surface area (Å²) in [6.07, 6.45) is 6.47. The minimum atomic E-state index is 0.544. The molecule has 0 radical (unpaired) electrons. The van der Waals surface area contributed by atoms with Crippen molar-refractivity contribution in [2.24, 2.45) is 0 Å². The second kappa shape index (κ2) is 4.88. The molecule has 0 fully saturated rings. The summed E-state index contributed by atoms with van der Waals surface area (Å²) >= 11 is 0. The summed E-state index contributed by atoms with van der Waals surface area (Å²) in [4.78, 5) is 0. The Kier molecular flexibility index (Phi) is 4.10. The summed E-state index contributed by atoms with van der Waals surface area (Å²) in [5.74, 6) is 2.39. The van der Waals surface area contributed by atoms with E-state index in [1.165, 1.54) is 0 Å². The summed E-state index contributed by atoms with van der Waals surface area (Å²) < 4.78 is 0. The van der Waals surface area contributed by atoms with Crippen molar-refractivity contribution < 1.29 is 0 Å². The van der Waals surface area contributed by atoms with E-state index in [2.05, 4.69) is 23.5 Å². The summed E-state index contributed by atoms with van der Waals surface area (Å²) in [5, 5.41) is 2.75. The van der Waals surface area contributed by atoms with Gasteiger partial charge in [0.1, 0.15) is 0 Å². The van der Waals surface area contributed by atoms with Crippen molar-refractivity contribution in [1.82, 2.24) is 5.32 Å². The minimum absolute atomic E-state index is 0.544. The van der Waals surface area contributed by atoms with Gasteiger partial charge in [0.25, 0.3) is 0 Å². The van der Waals surface area contributed by atoms with Crippen LogP contribution in [-0.4, -0.2) is 6.54 Å². The smallest absolute Gasteiger partial charge is 0.0763 e. The van der Waals surface area contributed by atoms with Gasteiger partial charge < -0.3 is 5.32 Å². The SMILES string of the molecule is C#CCNC=C=C. The highest BCUT2D eigenvalue weighted by Crippen LogP contribution is 1.52. The van der Waals surface area contributed by atoms with Gasteiger partial charge >= 0.3 is 0 Å². The number of rotatable bonds is 2. The lowest BCUT2D eigenvalue weighted by Crippen LogP contribution is -2.02. The second-order valence-electron chi connectivity index (χ2n) is 0.933. The fourth-order valence-electron chi connectivity index (χ4n) is 0.182. The Labute approximate surface area is 43.7 Å². The molecule has 0 bridgehead atoms. The van der Waals surface area contributed by atoms with Crippen LogP contribution in [0.3, 0.4) is 0 Å². The fourth-order valence-corrected chi connectivity index (χ4v) is 0.182. The third-order valence-corrected chi connectivity index (χ3v) is 0.408. The van der Waals surface area contributed by atoms with E-state index < -0.39 is 0 Å². The molecule has 0 aliphatic rings. The van der Waals surface area contributed by atoms with Crippen molar-refractivity contribution in [2.45, 2.75) is 0 Å². The summed E-state index contributed by atoms with van der Waals surface area (Å²) in [6.45, 7) is 3.87. The summed E-state index contributed by atoms with van der Waals surface area (Å²) in [6, 6.07) is 0. The van der Waals surface area contributed by atoms with Gasteiger partial charge in [-0.25, -0.2) is 0 Å². The van der Waals surface area contributed by atoms with Crippen molar-refractivity contribution >= 4 is 0 Å². The number of nitrogens with one attached hydrogen (secondary N) is 1. The van der Waals surface area contributed by atoms with Crippen LogP contribution in [0.4, 0.5) is 0 Å². The number of terminal acetylenes is 1. The lowest BCUT2D eigenvalue weighted by molar-refractivity contribution is 1.01. The molecule has 0 saturated carbocycles. The Morgan fingerprint density at radius 2 is 2.57 bits per heavy atom. The number of hydrogen-bond acceptors (Lipinski definition) is 1. The average molecular weight is 93.1 g/mol. The third kappa shape index (κ3) is 4.88. The average Bonchev–Trinajstić information content (AvgIpc) is 1.69. The Balaban J connectivity index is 3.03. The molecule has 0 aliphatic heterocycles. The van der Waals surface area contributed by atoms with Gasteiger partial charge in [0.2, 0.25) is 0 Å². The summed E-state index contributed by atoms with van der Waals surface area (Å²) in [5.41, 5.74) is 2.52. The lowest BCUT2D eigenvalue weighted by Gasteiger charge is -1.83. The molecule has 0 atom stereocenters. The van der Waals surface area contributed by atoms with E-state index in [1.807, 2.05) is 0 Å². The Morgan fingerprint density at radius 1 is 1.86 bits per heavy atom. The molecule has 0 unspecified atom stereocenters. The molecule has 1 heteroatoms. The minimum Gasteiger partial charge on any atom is -0.374 e. The molecule has 0 aromatic carbocycles. The van der Waals surface area contributed by atoms with Gasteiger partial charge in [-0.1, -0.05) is 12.5 Å². The quantitative estimate of drug-likeness (QED) is 0.298. The van der Waals surface area contributed by atoms with Crippen molar-refractivity contribution in [2.75, 3.05) is 6.54 Å². The largest absolute Gasteiger partial charge is 0.374 e. The molecule has 0 aromatic rings. The molecular weight excluding hydrogens is 86.1 g/mol. The van der Waals surface area contributed by atoms with E-state index >= 15 is 0 Å². The molecule has 7 heavy (non-hydrogen) atoms. The molecule has 0 rings (SSSR count). The highest BCUT2D eigenvalue weighted by Gasteiger charge is 1.61. The van der Waals surface area contributed by atoms with Crippen LogP contribution in [0.25, 0.3) is 0 Å². The van der Waals surface area contributed by atoms with Crippen molar-refractivity contribution in [3.63, 3.8) is 0 Å². The van der Waals surface area contributed by atoms with Crippen molar-refractivity contribution in [3.05, 3.63) is 18.5 Å². The summed E-state index contributed by atoms with van der Waals surface area (Å²) in [7, 11) is 0. The first-order valence-corrected chi connectivity index (χ1v) is 1.93. The van der Waals surface area contributed by atoms with E-state index in [-0.39, 0.29) is 0 Å². The van der Waals surface area contributed by atoms with Gasteiger partial charge in [-0.3, -0.25) is 0 Å². The molecule has 1 nitrogen and oxygen atoms in total. The standard InChI is InChI=1S/C6H7N/c1-3-5-7-6-4-2/h1,6-7H,2,5H2. The topological polar surface area (TPSA) is 12.0 Å². The maximum atomic E-state index is 4.89. The van der Waals surface area contributed by atoms with Crippen molar-refractivity contribution in [3.8, 4) is 12.3 Å². The maximum absolute atomic E-state index is 4.89. The van der Waals surface area contributed by atoms with Gasteiger partial charge in [0.05, 0.1) is 6.54 Å². The molecule has 1 N–H and O–H groups in total. The van der Waals surface area contributed by atoms with E-state index in [9.17, 15) is 0 Å². The van der Waals surface area contributed by atoms with Gasteiger partial charge in [0, 0.05) is 6.20 Å². The molecule has 0 saturated heterocycles. The zero-order chi connectivity index (χ0) is 5.54. The van der Waals surface area contributed by atoms with E-state index in [0.29, 0.717) is 6.54 Å². The molecule has 0 aromatic heterocycles. The van der Waals surface area contributed by atoms with Gasteiger partial charge in [0.15, 0.2) is 0 Å². The first-order chi connectivity index (χ1) is 3.41. The monoisotopic (exact) mass is 93.1 g/mol. The zero-order valence-electron chi connectivity index (χ0n) is 4.07.